The Morgan fingerprint density at radius 3 is 2.00 bits per heavy atom. The SMILES string of the molecule is NC1CC(CNC(=O)C23CC4CC(CC(C4)C2)C3)C1. The fourth-order valence-electron chi connectivity index (χ4n) is 5.77. The molecular weight excluding hydrogens is 236 g/mol. The second-order valence-electron chi connectivity index (χ2n) is 8.01. The molecule has 5 rings (SSSR count). The first kappa shape index (κ1) is 12.2. The van der Waals surface area contributed by atoms with E-state index in [0.29, 0.717) is 17.9 Å². The Kier molecular flexibility index (Phi) is 2.70. The summed E-state index contributed by atoms with van der Waals surface area (Å²) in [4.78, 5) is 12.7. The van der Waals surface area contributed by atoms with E-state index in [-0.39, 0.29) is 5.41 Å². The van der Waals surface area contributed by atoms with Gasteiger partial charge < -0.3 is 11.1 Å². The third-order valence-corrected chi connectivity index (χ3v) is 6.34. The van der Waals surface area contributed by atoms with Crippen molar-refractivity contribution >= 4 is 5.91 Å². The quantitative estimate of drug-likeness (QED) is 0.818. The topological polar surface area (TPSA) is 55.1 Å². The highest BCUT2D eigenvalue weighted by molar-refractivity contribution is 5.83. The van der Waals surface area contributed by atoms with Gasteiger partial charge in [0.1, 0.15) is 0 Å². The number of hydrogen-bond donors (Lipinski definition) is 2. The maximum absolute atomic E-state index is 12.7. The lowest BCUT2D eigenvalue weighted by Crippen LogP contribution is -2.54. The Balaban J connectivity index is 1.39. The highest BCUT2D eigenvalue weighted by atomic mass is 16.2. The van der Waals surface area contributed by atoms with Crippen molar-refractivity contribution in [3.05, 3.63) is 0 Å². The van der Waals surface area contributed by atoms with Crippen molar-refractivity contribution in [2.45, 2.75) is 57.4 Å². The zero-order valence-electron chi connectivity index (χ0n) is 11.7. The fourth-order valence-corrected chi connectivity index (χ4v) is 5.77. The Labute approximate surface area is 115 Å². The molecule has 5 aliphatic rings. The van der Waals surface area contributed by atoms with Gasteiger partial charge >= 0.3 is 0 Å². The minimum Gasteiger partial charge on any atom is -0.355 e. The zero-order chi connectivity index (χ0) is 13.0. The van der Waals surface area contributed by atoms with Gasteiger partial charge in [0.15, 0.2) is 0 Å². The summed E-state index contributed by atoms with van der Waals surface area (Å²) < 4.78 is 0. The predicted molar refractivity (Wildman–Crippen MR) is 74.3 cm³/mol. The number of hydrogen-bond acceptors (Lipinski definition) is 2. The molecule has 0 aromatic rings. The molecule has 4 bridgehead atoms. The van der Waals surface area contributed by atoms with Crippen molar-refractivity contribution < 1.29 is 4.79 Å². The van der Waals surface area contributed by atoms with E-state index in [0.717, 1.165) is 37.1 Å². The first-order chi connectivity index (χ1) is 9.13. The summed E-state index contributed by atoms with van der Waals surface area (Å²) in [6.45, 7) is 0.869. The monoisotopic (exact) mass is 262 g/mol. The molecule has 3 heteroatoms. The number of rotatable bonds is 3. The number of nitrogens with one attached hydrogen (secondary N) is 1. The summed E-state index contributed by atoms with van der Waals surface area (Å²) in [5.41, 5.74) is 5.84. The summed E-state index contributed by atoms with van der Waals surface area (Å²) >= 11 is 0. The average molecular weight is 262 g/mol. The van der Waals surface area contributed by atoms with E-state index in [1.165, 1.54) is 38.5 Å². The summed E-state index contributed by atoms with van der Waals surface area (Å²) in [5.74, 6) is 3.59. The van der Waals surface area contributed by atoms with Crippen molar-refractivity contribution in [3.63, 3.8) is 0 Å². The van der Waals surface area contributed by atoms with Crippen molar-refractivity contribution in [1.29, 1.82) is 0 Å². The van der Waals surface area contributed by atoms with Crippen molar-refractivity contribution in [3.8, 4) is 0 Å². The van der Waals surface area contributed by atoms with Crippen LogP contribution in [0.3, 0.4) is 0 Å². The van der Waals surface area contributed by atoms with Crippen LogP contribution in [0.5, 0.6) is 0 Å². The van der Waals surface area contributed by atoms with E-state index >= 15 is 0 Å². The molecule has 19 heavy (non-hydrogen) atoms. The standard InChI is InChI=1S/C16H26N2O/c17-14-4-13(5-14)9-18-15(19)16-6-10-1-11(7-16)3-12(2-10)8-16/h10-14H,1-9,17H2,(H,18,19). The molecular formula is C16H26N2O. The van der Waals surface area contributed by atoms with Gasteiger partial charge in [0, 0.05) is 18.0 Å². The van der Waals surface area contributed by atoms with E-state index in [1.807, 2.05) is 0 Å². The molecule has 0 saturated heterocycles. The first-order valence-electron chi connectivity index (χ1n) is 8.17. The Morgan fingerprint density at radius 1 is 1.00 bits per heavy atom. The molecule has 3 nitrogen and oxygen atoms in total. The normalized spacial score (nSPS) is 50.9. The molecule has 0 radical (unpaired) electrons. The number of amides is 1. The van der Waals surface area contributed by atoms with E-state index in [2.05, 4.69) is 5.32 Å². The van der Waals surface area contributed by atoms with Gasteiger partial charge in [-0.25, -0.2) is 0 Å². The number of carbonyl (C=O) groups excluding carboxylic acids is 1. The molecule has 1 amide bonds. The summed E-state index contributed by atoms with van der Waals surface area (Å²) in [6.07, 6.45) is 9.94. The second-order valence-corrected chi connectivity index (χ2v) is 8.01. The Bertz CT molecular complexity index is 351. The van der Waals surface area contributed by atoms with Crippen molar-refractivity contribution in [1.82, 2.24) is 5.32 Å². The van der Waals surface area contributed by atoms with E-state index in [4.69, 9.17) is 5.73 Å². The van der Waals surface area contributed by atoms with Crippen LogP contribution in [0, 0.1) is 29.1 Å². The second kappa shape index (κ2) is 4.21. The smallest absolute Gasteiger partial charge is 0.226 e. The first-order valence-corrected chi connectivity index (χ1v) is 8.17. The lowest BCUT2D eigenvalue weighted by atomic mass is 9.49. The molecule has 5 saturated carbocycles. The Hall–Kier alpha value is -0.570. The highest BCUT2D eigenvalue weighted by Crippen LogP contribution is 2.60. The van der Waals surface area contributed by atoms with Crippen LogP contribution in [0.4, 0.5) is 0 Å². The Morgan fingerprint density at radius 2 is 1.53 bits per heavy atom. The van der Waals surface area contributed by atoms with Gasteiger partial charge in [-0.2, -0.15) is 0 Å². The summed E-state index contributed by atoms with van der Waals surface area (Å²) in [7, 11) is 0. The van der Waals surface area contributed by atoms with E-state index in [9.17, 15) is 4.79 Å². The van der Waals surface area contributed by atoms with Gasteiger partial charge in [-0.05, 0) is 75.0 Å². The fraction of sp³-hybridized carbons (Fsp3) is 0.938. The lowest BCUT2D eigenvalue weighted by Gasteiger charge is -2.55. The van der Waals surface area contributed by atoms with Crippen LogP contribution < -0.4 is 11.1 Å². The molecule has 0 atom stereocenters. The summed E-state index contributed by atoms with van der Waals surface area (Å²) in [6, 6.07) is 0.390. The van der Waals surface area contributed by atoms with Crippen LogP contribution in [0.15, 0.2) is 0 Å². The number of nitrogens with two attached hydrogens (primary N) is 1. The molecule has 0 heterocycles. The minimum atomic E-state index is 0.0284. The molecule has 5 aliphatic carbocycles. The van der Waals surface area contributed by atoms with Crippen LogP contribution in [0.25, 0.3) is 0 Å². The van der Waals surface area contributed by atoms with Crippen molar-refractivity contribution in [2.24, 2.45) is 34.8 Å². The molecule has 0 spiro atoms. The molecule has 0 unspecified atom stereocenters. The van der Waals surface area contributed by atoms with Gasteiger partial charge in [0.05, 0.1) is 0 Å². The van der Waals surface area contributed by atoms with E-state index < -0.39 is 0 Å². The molecule has 0 aromatic carbocycles. The predicted octanol–water partition coefficient (Wildman–Crippen LogP) is 2.06. The highest BCUT2D eigenvalue weighted by Gasteiger charge is 2.54. The zero-order valence-corrected chi connectivity index (χ0v) is 11.7. The number of carbonyl (C=O) groups is 1. The molecule has 106 valence electrons. The maximum atomic E-state index is 12.7. The van der Waals surface area contributed by atoms with Crippen LogP contribution in [0.2, 0.25) is 0 Å². The third-order valence-electron chi connectivity index (χ3n) is 6.34. The van der Waals surface area contributed by atoms with Gasteiger partial charge in [0.25, 0.3) is 0 Å². The molecule has 0 aliphatic heterocycles. The van der Waals surface area contributed by atoms with E-state index in [1.54, 1.807) is 0 Å². The van der Waals surface area contributed by atoms with Gasteiger partial charge in [-0.1, -0.05) is 0 Å². The van der Waals surface area contributed by atoms with Crippen molar-refractivity contribution in [2.75, 3.05) is 6.54 Å². The van der Waals surface area contributed by atoms with Crippen LogP contribution in [-0.2, 0) is 4.79 Å². The maximum Gasteiger partial charge on any atom is 0.226 e. The lowest BCUT2D eigenvalue weighted by molar-refractivity contribution is -0.146. The summed E-state index contributed by atoms with van der Waals surface area (Å²) in [5, 5.41) is 3.27. The van der Waals surface area contributed by atoms with Gasteiger partial charge in [0.2, 0.25) is 5.91 Å². The molecule has 0 aromatic heterocycles. The third kappa shape index (κ3) is 2.01. The molecule has 3 N–H and O–H groups in total. The van der Waals surface area contributed by atoms with Gasteiger partial charge in [-0.3, -0.25) is 4.79 Å². The largest absolute Gasteiger partial charge is 0.355 e. The average Bonchev–Trinajstić information content (AvgIpc) is 2.31. The van der Waals surface area contributed by atoms with Gasteiger partial charge in [-0.15, -0.1) is 0 Å². The van der Waals surface area contributed by atoms with Crippen LogP contribution in [0.1, 0.15) is 51.4 Å². The van der Waals surface area contributed by atoms with Crippen LogP contribution >= 0.6 is 0 Å². The molecule has 5 fully saturated rings. The minimum absolute atomic E-state index is 0.0284. The van der Waals surface area contributed by atoms with Crippen LogP contribution in [-0.4, -0.2) is 18.5 Å².